The molecular formula is C11H9ClF3NO3. The van der Waals surface area contributed by atoms with Crippen molar-refractivity contribution in [2.45, 2.75) is 6.18 Å². The number of benzene rings is 1. The number of alkyl halides is 3. The summed E-state index contributed by atoms with van der Waals surface area (Å²) in [6, 6.07) is 4.31. The summed E-state index contributed by atoms with van der Waals surface area (Å²) in [5.41, 5.74) is 0.0350. The van der Waals surface area contributed by atoms with Gasteiger partial charge in [-0.1, -0.05) is 17.7 Å². The van der Waals surface area contributed by atoms with Gasteiger partial charge in [0.25, 0.3) is 5.91 Å². The van der Waals surface area contributed by atoms with Crippen molar-refractivity contribution in [1.29, 1.82) is 0 Å². The molecule has 0 fully saturated rings. The van der Waals surface area contributed by atoms with Crippen LogP contribution in [0.3, 0.4) is 0 Å². The van der Waals surface area contributed by atoms with Gasteiger partial charge in [0, 0.05) is 0 Å². The SMILES string of the molecule is O=Cc1c(Cl)cccc1OCC(=O)NCC(F)(F)F. The summed E-state index contributed by atoms with van der Waals surface area (Å²) in [4.78, 5) is 21.8. The van der Waals surface area contributed by atoms with Crippen LogP contribution in [0.2, 0.25) is 5.02 Å². The lowest BCUT2D eigenvalue weighted by Gasteiger charge is -2.10. The maximum Gasteiger partial charge on any atom is 0.405 e. The molecule has 0 aliphatic carbocycles. The zero-order chi connectivity index (χ0) is 14.5. The summed E-state index contributed by atoms with van der Waals surface area (Å²) in [7, 11) is 0. The van der Waals surface area contributed by atoms with Crippen LogP contribution in [0, 0.1) is 0 Å². The summed E-state index contributed by atoms with van der Waals surface area (Å²) in [6.45, 7) is -2.08. The van der Waals surface area contributed by atoms with Crippen molar-refractivity contribution in [3.63, 3.8) is 0 Å². The molecule has 19 heavy (non-hydrogen) atoms. The number of carbonyl (C=O) groups excluding carboxylic acids is 2. The van der Waals surface area contributed by atoms with E-state index in [4.69, 9.17) is 16.3 Å². The summed E-state index contributed by atoms with van der Waals surface area (Å²) in [5.74, 6) is -0.918. The Bertz CT molecular complexity index is 477. The van der Waals surface area contributed by atoms with Crippen LogP contribution in [0.5, 0.6) is 5.75 Å². The minimum Gasteiger partial charge on any atom is -0.483 e. The molecule has 1 rings (SSSR count). The van der Waals surface area contributed by atoms with E-state index in [1.165, 1.54) is 18.2 Å². The van der Waals surface area contributed by atoms with E-state index in [0.29, 0.717) is 6.29 Å². The first-order chi connectivity index (χ1) is 8.83. The van der Waals surface area contributed by atoms with Crippen molar-refractivity contribution in [3.05, 3.63) is 28.8 Å². The van der Waals surface area contributed by atoms with Crippen molar-refractivity contribution < 1.29 is 27.5 Å². The highest BCUT2D eigenvalue weighted by atomic mass is 35.5. The Morgan fingerprint density at radius 1 is 1.42 bits per heavy atom. The Morgan fingerprint density at radius 2 is 2.11 bits per heavy atom. The maximum absolute atomic E-state index is 11.8. The number of hydrogen-bond donors (Lipinski definition) is 1. The molecule has 1 aromatic carbocycles. The number of carbonyl (C=O) groups is 2. The van der Waals surface area contributed by atoms with Gasteiger partial charge in [0.15, 0.2) is 12.9 Å². The monoisotopic (exact) mass is 295 g/mol. The van der Waals surface area contributed by atoms with Crippen molar-refractivity contribution >= 4 is 23.8 Å². The molecule has 1 amide bonds. The average molecular weight is 296 g/mol. The van der Waals surface area contributed by atoms with E-state index in [-0.39, 0.29) is 16.3 Å². The number of ether oxygens (including phenoxy) is 1. The van der Waals surface area contributed by atoms with Crippen LogP contribution < -0.4 is 10.1 Å². The van der Waals surface area contributed by atoms with E-state index in [1.807, 2.05) is 0 Å². The Morgan fingerprint density at radius 3 is 2.68 bits per heavy atom. The summed E-state index contributed by atoms with van der Waals surface area (Å²) >= 11 is 5.71. The van der Waals surface area contributed by atoms with Crippen LogP contribution in [0.25, 0.3) is 0 Å². The summed E-state index contributed by atoms with van der Waals surface area (Å²) in [6.07, 6.45) is -4.05. The van der Waals surface area contributed by atoms with Gasteiger partial charge in [-0.3, -0.25) is 9.59 Å². The molecule has 0 saturated heterocycles. The highest BCUT2D eigenvalue weighted by Crippen LogP contribution is 2.24. The number of hydrogen-bond acceptors (Lipinski definition) is 3. The van der Waals surface area contributed by atoms with E-state index < -0.39 is 25.2 Å². The Labute approximate surface area is 111 Å². The minimum atomic E-state index is -4.49. The van der Waals surface area contributed by atoms with Gasteiger partial charge in [0.05, 0.1) is 10.6 Å². The zero-order valence-corrected chi connectivity index (χ0v) is 10.2. The van der Waals surface area contributed by atoms with Gasteiger partial charge in [-0.05, 0) is 12.1 Å². The van der Waals surface area contributed by atoms with Crippen LogP contribution in [0.4, 0.5) is 13.2 Å². The third kappa shape index (κ3) is 5.17. The lowest BCUT2D eigenvalue weighted by atomic mass is 10.2. The van der Waals surface area contributed by atoms with E-state index in [1.54, 1.807) is 5.32 Å². The highest BCUT2D eigenvalue weighted by Gasteiger charge is 2.27. The molecule has 0 aliphatic rings. The van der Waals surface area contributed by atoms with Gasteiger partial charge >= 0.3 is 6.18 Å². The molecule has 4 nitrogen and oxygen atoms in total. The number of aldehydes is 1. The lowest BCUT2D eigenvalue weighted by molar-refractivity contribution is -0.139. The third-order valence-electron chi connectivity index (χ3n) is 1.98. The Balaban J connectivity index is 2.55. The second-order valence-corrected chi connectivity index (χ2v) is 3.86. The van der Waals surface area contributed by atoms with Crippen molar-refractivity contribution in [1.82, 2.24) is 5.32 Å². The maximum atomic E-state index is 11.8. The molecule has 0 aromatic heterocycles. The first-order valence-corrected chi connectivity index (χ1v) is 5.41. The van der Waals surface area contributed by atoms with Gasteiger partial charge in [0.2, 0.25) is 0 Å². The lowest BCUT2D eigenvalue weighted by Crippen LogP contribution is -2.36. The fourth-order valence-corrected chi connectivity index (χ4v) is 1.36. The quantitative estimate of drug-likeness (QED) is 0.847. The van der Waals surface area contributed by atoms with Gasteiger partial charge in [-0.15, -0.1) is 0 Å². The average Bonchev–Trinajstić information content (AvgIpc) is 2.33. The van der Waals surface area contributed by atoms with Gasteiger partial charge in [-0.25, -0.2) is 0 Å². The van der Waals surface area contributed by atoms with Crippen LogP contribution in [-0.4, -0.2) is 31.5 Å². The molecule has 0 saturated carbocycles. The molecule has 0 aliphatic heterocycles. The molecule has 0 radical (unpaired) electrons. The third-order valence-corrected chi connectivity index (χ3v) is 2.31. The van der Waals surface area contributed by atoms with Crippen molar-refractivity contribution in [3.8, 4) is 5.75 Å². The van der Waals surface area contributed by atoms with Crippen molar-refractivity contribution in [2.24, 2.45) is 0 Å². The Hall–Kier alpha value is -1.76. The number of halogens is 4. The van der Waals surface area contributed by atoms with Crippen LogP contribution in [0.15, 0.2) is 18.2 Å². The first kappa shape index (κ1) is 15.3. The normalized spacial score (nSPS) is 10.9. The molecule has 1 N–H and O–H groups in total. The standard InChI is InChI=1S/C11H9ClF3NO3/c12-8-2-1-3-9(7(8)4-17)19-5-10(18)16-6-11(13,14)15/h1-4H,5-6H2,(H,16,18). The van der Waals surface area contributed by atoms with Crippen LogP contribution in [0.1, 0.15) is 10.4 Å². The molecule has 0 unspecified atom stereocenters. The molecule has 104 valence electrons. The van der Waals surface area contributed by atoms with E-state index in [0.717, 1.165) is 0 Å². The number of nitrogens with one attached hydrogen (secondary N) is 1. The second-order valence-electron chi connectivity index (χ2n) is 3.45. The molecular weight excluding hydrogens is 287 g/mol. The van der Waals surface area contributed by atoms with Gasteiger partial charge in [-0.2, -0.15) is 13.2 Å². The first-order valence-electron chi connectivity index (χ1n) is 5.03. The van der Waals surface area contributed by atoms with Gasteiger partial charge in [0.1, 0.15) is 12.3 Å². The van der Waals surface area contributed by atoms with Crippen LogP contribution in [-0.2, 0) is 4.79 Å². The molecule has 1 aromatic rings. The fraction of sp³-hybridized carbons (Fsp3) is 0.273. The predicted molar refractivity (Wildman–Crippen MR) is 61.4 cm³/mol. The molecule has 0 atom stereocenters. The molecule has 8 heteroatoms. The fourth-order valence-electron chi connectivity index (χ4n) is 1.15. The van der Waals surface area contributed by atoms with Crippen molar-refractivity contribution in [2.75, 3.05) is 13.2 Å². The molecule has 0 bridgehead atoms. The zero-order valence-electron chi connectivity index (χ0n) is 9.46. The molecule has 0 heterocycles. The Kier molecular flexibility index (Phi) is 5.17. The van der Waals surface area contributed by atoms with E-state index in [9.17, 15) is 22.8 Å². The summed E-state index contributed by atoms with van der Waals surface area (Å²) < 4.78 is 40.4. The van der Waals surface area contributed by atoms with E-state index in [2.05, 4.69) is 0 Å². The van der Waals surface area contributed by atoms with Crippen LogP contribution >= 0.6 is 11.6 Å². The predicted octanol–water partition coefficient (Wildman–Crippen LogP) is 2.21. The smallest absolute Gasteiger partial charge is 0.405 e. The number of rotatable bonds is 5. The van der Waals surface area contributed by atoms with E-state index >= 15 is 0 Å². The topological polar surface area (TPSA) is 55.4 Å². The largest absolute Gasteiger partial charge is 0.483 e. The summed E-state index contributed by atoms with van der Waals surface area (Å²) in [5, 5.41) is 1.76. The number of amides is 1. The van der Waals surface area contributed by atoms with Gasteiger partial charge < -0.3 is 10.1 Å². The molecule has 0 spiro atoms. The second kappa shape index (κ2) is 6.42. The minimum absolute atomic E-state index is 0.0321. The highest BCUT2D eigenvalue weighted by molar-refractivity contribution is 6.33.